The van der Waals surface area contributed by atoms with Crippen LogP contribution in [-0.2, 0) is 4.74 Å². The molecule has 5 nitrogen and oxygen atoms in total. The zero-order valence-corrected chi connectivity index (χ0v) is 8.99. The van der Waals surface area contributed by atoms with Gasteiger partial charge in [-0.05, 0) is 24.2 Å². The highest BCUT2D eigenvalue weighted by Crippen LogP contribution is 2.27. The van der Waals surface area contributed by atoms with Gasteiger partial charge in [0.2, 0.25) is 0 Å². The average Bonchev–Trinajstić information content (AvgIpc) is 2.71. The van der Waals surface area contributed by atoms with Crippen molar-refractivity contribution >= 4 is 22.6 Å². The molecule has 2 rings (SSSR count). The molecule has 0 aliphatic carbocycles. The Kier molecular flexibility index (Phi) is 2.86. The number of H-pyrrole nitrogens is 1. The largest absolute Gasteiger partial charge is 0.461 e. The molecule has 88 valence electrons. The zero-order valence-electron chi connectivity index (χ0n) is 8.99. The van der Waals surface area contributed by atoms with Crippen LogP contribution in [0.4, 0.5) is 10.1 Å². The second-order valence-electron chi connectivity index (χ2n) is 3.38. The van der Waals surface area contributed by atoms with E-state index in [0.29, 0.717) is 10.9 Å². The molecule has 0 aliphatic rings. The predicted octanol–water partition coefficient (Wildman–Crippen LogP) is 2.88. The van der Waals surface area contributed by atoms with Gasteiger partial charge in [-0.1, -0.05) is 0 Å². The van der Waals surface area contributed by atoms with Crippen molar-refractivity contribution in [1.29, 1.82) is 0 Å². The molecule has 0 saturated carbocycles. The van der Waals surface area contributed by atoms with Crippen LogP contribution in [0.1, 0.15) is 17.4 Å². The molecule has 17 heavy (non-hydrogen) atoms. The van der Waals surface area contributed by atoms with Crippen molar-refractivity contribution in [1.82, 2.24) is 4.98 Å². The monoisotopic (exact) mass is 236 g/mol. The maximum atomic E-state index is 13.1. The van der Waals surface area contributed by atoms with Gasteiger partial charge in [0, 0.05) is 11.5 Å². The molecule has 0 bridgehead atoms. The van der Waals surface area contributed by atoms with E-state index in [-0.39, 0.29) is 18.0 Å². The molecule has 0 fully saturated rings. The van der Waals surface area contributed by atoms with Crippen LogP contribution in [-0.4, -0.2) is 17.6 Å². The molecular formula is C11H9FN2O3. The fourth-order valence-corrected chi connectivity index (χ4v) is 1.58. The third kappa shape index (κ3) is 2.01. The van der Waals surface area contributed by atoms with Gasteiger partial charge in [-0.2, -0.15) is 0 Å². The summed E-state index contributed by atoms with van der Waals surface area (Å²) in [7, 11) is 0. The third-order valence-electron chi connectivity index (χ3n) is 2.27. The number of nitroso groups, excluding NO2 is 1. The number of halogens is 1. The second-order valence-corrected chi connectivity index (χ2v) is 3.38. The lowest BCUT2D eigenvalue weighted by atomic mass is 10.2. The molecule has 0 saturated heterocycles. The minimum absolute atomic E-state index is 0.0736. The molecule has 1 N–H and O–H groups in total. The molecule has 0 aliphatic heterocycles. The Morgan fingerprint density at radius 3 is 2.88 bits per heavy atom. The number of rotatable bonds is 3. The SMILES string of the molecule is CCOC(=O)c1cc2cc(F)cc(N=O)c2[nH]1. The van der Waals surface area contributed by atoms with Crippen LogP contribution in [0.15, 0.2) is 23.4 Å². The van der Waals surface area contributed by atoms with E-state index in [1.807, 2.05) is 0 Å². The van der Waals surface area contributed by atoms with E-state index in [1.165, 1.54) is 12.1 Å². The van der Waals surface area contributed by atoms with E-state index >= 15 is 0 Å². The highest BCUT2D eigenvalue weighted by Gasteiger charge is 2.13. The van der Waals surface area contributed by atoms with Crippen LogP contribution in [0, 0.1) is 10.7 Å². The number of aromatic nitrogens is 1. The number of carbonyl (C=O) groups excluding carboxylic acids is 1. The summed E-state index contributed by atoms with van der Waals surface area (Å²) < 4.78 is 17.9. The molecule has 1 heterocycles. The Morgan fingerprint density at radius 1 is 1.47 bits per heavy atom. The summed E-state index contributed by atoms with van der Waals surface area (Å²) in [5, 5.41) is 3.11. The van der Waals surface area contributed by atoms with E-state index in [9.17, 15) is 14.1 Å². The molecule has 0 radical (unpaired) electrons. The lowest BCUT2D eigenvalue weighted by Gasteiger charge is -1.97. The lowest BCUT2D eigenvalue weighted by Crippen LogP contribution is -2.04. The Bertz CT molecular complexity index is 592. The van der Waals surface area contributed by atoms with Crippen LogP contribution < -0.4 is 0 Å². The summed E-state index contributed by atoms with van der Waals surface area (Å²) in [6.07, 6.45) is 0. The molecule has 1 aromatic carbocycles. The van der Waals surface area contributed by atoms with Gasteiger partial charge in [0.15, 0.2) is 0 Å². The Labute approximate surface area is 95.6 Å². The molecule has 0 atom stereocenters. The Hall–Kier alpha value is -2.24. The van der Waals surface area contributed by atoms with Crippen molar-refractivity contribution in [3.8, 4) is 0 Å². The number of esters is 1. The first-order valence-corrected chi connectivity index (χ1v) is 4.98. The number of nitrogens with one attached hydrogen (secondary N) is 1. The Morgan fingerprint density at radius 2 is 2.24 bits per heavy atom. The van der Waals surface area contributed by atoms with Gasteiger partial charge in [0.05, 0.1) is 12.1 Å². The van der Waals surface area contributed by atoms with Crippen molar-refractivity contribution in [3.63, 3.8) is 0 Å². The molecule has 1 aromatic heterocycles. The van der Waals surface area contributed by atoms with Crippen LogP contribution >= 0.6 is 0 Å². The first kappa shape index (κ1) is 11.3. The van der Waals surface area contributed by atoms with Gasteiger partial charge in [-0.15, -0.1) is 4.91 Å². The van der Waals surface area contributed by atoms with Crippen LogP contribution in [0.3, 0.4) is 0 Å². The molecule has 2 aromatic rings. The van der Waals surface area contributed by atoms with E-state index in [0.717, 1.165) is 6.07 Å². The smallest absolute Gasteiger partial charge is 0.354 e. The van der Waals surface area contributed by atoms with Crippen molar-refractivity contribution in [2.75, 3.05) is 6.61 Å². The standard InChI is InChI=1S/C11H9FN2O3/c1-2-17-11(15)9-4-6-3-7(12)5-8(14-16)10(6)13-9/h3-5,13H,2H2,1H3. The van der Waals surface area contributed by atoms with Gasteiger partial charge in [0.1, 0.15) is 17.2 Å². The minimum Gasteiger partial charge on any atom is -0.461 e. The summed E-state index contributed by atoms with van der Waals surface area (Å²) in [5.41, 5.74) is 0.414. The van der Waals surface area contributed by atoms with Gasteiger partial charge in [-0.3, -0.25) is 0 Å². The maximum Gasteiger partial charge on any atom is 0.354 e. The number of ether oxygens (including phenoxy) is 1. The maximum absolute atomic E-state index is 13.1. The number of benzene rings is 1. The third-order valence-corrected chi connectivity index (χ3v) is 2.27. The molecule has 0 spiro atoms. The Balaban J connectivity index is 2.56. The zero-order chi connectivity index (χ0) is 12.4. The number of hydrogen-bond donors (Lipinski definition) is 1. The molecule has 0 unspecified atom stereocenters. The quantitative estimate of drug-likeness (QED) is 0.657. The van der Waals surface area contributed by atoms with Gasteiger partial charge < -0.3 is 9.72 Å². The van der Waals surface area contributed by atoms with E-state index < -0.39 is 11.8 Å². The van der Waals surface area contributed by atoms with Crippen LogP contribution in [0.5, 0.6) is 0 Å². The first-order chi connectivity index (χ1) is 8.15. The highest BCUT2D eigenvalue weighted by atomic mass is 19.1. The summed E-state index contributed by atoms with van der Waals surface area (Å²) >= 11 is 0. The topological polar surface area (TPSA) is 71.5 Å². The highest BCUT2D eigenvalue weighted by molar-refractivity contribution is 5.98. The van der Waals surface area contributed by atoms with Crippen LogP contribution in [0.2, 0.25) is 0 Å². The van der Waals surface area contributed by atoms with E-state index in [4.69, 9.17) is 4.74 Å². The molecular weight excluding hydrogens is 227 g/mol. The van der Waals surface area contributed by atoms with Crippen molar-refractivity contribution in [2.45, 2.75) is 6.92 Å². The van der Waals surface area contributed by atoms with Crippen molar-refractivity contribution in [3.05, 3.63) is 34.6 Å². The number of aromatic amines is 1. The van der Waals surface area contributed by atoms with Crippen molar-refractivity contribution < 1.29 is 13.9 Å². The number of carbonyl (C=O) groups is 1. The lowest BCUT2D eigenvalue weighted by molar-refractivity contribution is 0.0520. The number of fused-ring (bicyclic) bond motifs is 1. The van der Waals surface area contributed by atoms with Crippen LogP contribution in [0.25, 0.3) is 10.9 Å². The van der Waals surface area contributed by atoms with Gasteiger partial charge >= 0.3 is 5.97 Å². The average molecular weight is 236 g/mol. The van der Waals surface area contributed by atoms with Crippen molar-refractivity contribution in [2.24, 2.45) is 5.18 Å². The van der Waals surface area contributed by atoms with Gasteiger partial charge in [-0.25, -0.2) is 9.18 Å². The fourth-order valence-electron chi connectivity index (χ4n) is 1.58. The number of nitrogens with zero attached hydrogens (tertiary/aromatic N) is 1. The van der Waals surface area contributed by atoms with Gasteiger partial charge in [0.25, 0.3) is 0 Å². The predicted molar refractivity (Wildman–Crippen MR) is 59.7 cm³/mol. The van der Waals surface area contributed by atoms with E-state index in [2.05, 4.69) is 10.2 Å². The summed E-state index contributed by atoms with van der Waals surface area (Å²) in [6, 6.07) is 3.63. The summed E-state index contributed by atoms with van der Waals surface area (Å²) in [4.78, 5) is 24.7. The summed E-state index contributed by atoms with van der Waals surface area (Å²) in [5.74, 6) is -1.14. The van der Waals surface area contributed by atoms with E-state index in [1.54, 1.807) is 6.92 Å². The first-order valence-electron chi connectivity index (χ1n) is 4.98. The normalized spacial score (nSPS) is 10.5. The summed E-state index contributed by atoms with van der Waals surface area (Å²) in [6.45, 7) is 1.92. The molecule has 0 amide bonds. The second kappa shape index (κ2) is 4.32. The minimum atomic E-state index is -0.582. The fraction of sp³-hybridized carbons (Fsp3) is 0.182. The molecule has 6 heteroatoms. The number of hydrogen-bond acceptors (Lipinski definition) is 4.